The summed E-state index contributed by atoms with van der Waals surface area (Å²) >= 11 is 6.11. The van der Waals surface area contributed by atoms with Gasteiger partial charge >= 0.3 is 0 Å². The molecule has 146 valence electrons. The molecule has 1 saturated carbocycles. The Balaban J connectivity index is 2.13. The van der Waals surface area contributed by atoms with Crippen LogP contribution in [0.25, 0.3) is 0 Å². The minimum absolute atomic E-state index is 0.0290. The third-order valence-corrected chi connectivity index (χ3v) is 7.42. The van der Waals surface area contributed by atoms with E-state index < -0.39 is 10.0 Å². The summed E-state index contributed by atoms with van der Waals surface area (Å²) in [6, 6.07) is 5.21. The van der Waals surface area contributed by atoms with E-state index in [0.29, 0.717) is 31.2 Å². The molecule has 1 aromatic rings. The monoisotopic (exact) mass is 401 g/mol. The van der Waals surface area contributed by atoms with Gasteiger partial charge in [-0.1, -0.05) is 25.4 Å². The first-order valence-corrected chi connectivity index (χ1v) is 10.8. The van der Waals surface area contributed by atoms with Gasteiger partial charge in [0.2, 0.25) is 10.0 Å². The van der Waals surface area contributed by atoms with Crippen molar-refractivity contribution in [1.82, 2.24) is 14.5 Å². The van der Waals surface area contributed by atoms with E-state index in [-0.39, 0.29) is 21.9 Å². The third-order valence-electron chi connectivity index (χ3n) is 4.89. The molecule has 0 bridgehead atoms. The zero-order valence-corrected chi connectivity index (χ0v) is 17.4. The fourth-order valence-corrected chi connectivity index (χ4v) is 4.83. The highest BCUT2D eigenvalue weighted by molar-refractivity contribution is 7.89. The number of amides is 1. The Bertz CT molecular complexity index is 746. The predicted octanol–water partition coefficient (Wildman–Crippen LogP) is 2.58. The van der Waals surface area contributed by atoms with Crippen molar-refractivity contribution in [3.05, 3.63) is 28.8 Å². The molecule has 1 aliphatic carbocycles. The zero-order valence-electron chi connectivity index (χ0n) is 15.8. The average Bonchev–Trinajstić information content (AvgIpc) is 3.44. The molecule has 1 unspecified atom stereocenters. The molecule has 0 heterocycles. The highest BCUT2D eigenvalue weighted by Gasteiger charge is 2.29. The van der Waals surface area contributed by atoms with Crippen LogP contribution in [0.1, 0.15) is 44.0 Å². The summed E-state index contributed by atoms with van der Waals surface area (Å²) in [7, 11) is -1.66. The summed E-state index contributed by atoms with van der Waals surface area (Å²) in [5.74, 6) is -0.297. The third kappa shape index (κ3) is 4.76. The standard InChI is InChI=1S/C18H28ClN3O3S/c1-5-22(6-2)26(24,25)17-11-14(7-10-16(17)19)18(23)20-12-13(3)21(4)15-8-9-15/h7,10-11,13,15H,5-6,8-9,12H2,1-4H3,(H,20,23). The maximum atomic E-state index is 12.7. The Kier molecular flexibility index (Phi) is 7.07. The Labute approximate surface area is 161 Å². The van der Waals surface area contributed by atoms with Crippen molar-refractivity contribution in [3.8, 4) is 0 Å². The maximum Gasteiger partial charge on any atom is 0.251 e. The van der Waals surface area contributed by atoms with E-state index in [4.69, 9.17) is 11.6 Å². The number of halogens is 1. The topological polar surface area (TPSA) is 69.7 Å². The number of sulfonamides is 1. The van der Waals surface area contributed by atoms with E-state index >= 15 is 0 Å². The smallest absolute Gasteiger partial charge is 0.251 e. The lowest BCUT2D eigenvalue weighted by atomic mass is 10.2. The Morgan fingerprint density at radius 1 is 1.31 bits per heavy atom. The lowest BCUT2D eigenvalue weighted by molar-refractivity contribution is 0.0939. The molecular formula is C18H28ClN3O3S. The van der Waals surface area contributed by atoms with Crippen LogP contribution >= 0.6 is 11.6 Å². The van der Waals surface area contributed by atoms with Crippen LogP contribution in [0.3, 0.4) is 0 Å². The fraction of sp³-hybridized carbons (Fsp3) is 0.611. The number of hydrogen-bond acceptors (Lipinski definition) is 4. The van der Waals surface area contributed by atoms with E-state index in [0.717, 1.165) is 0 Å². The maximum absolute atomic E-state index is 12.7. The quantitative estimate of drug-likeness (QED) is 0.690. The van der Waals surface area contributed by atoms with E-state index in [1.807, 2.05) is 0 Å². The highest BCUT2D eigenvalue weighted by Crippen LogP contribution is 2.27. The van der Waals surface area contributed by atoms with Gasteiger partial charge in [-0.25, -0.2) is 8.42 Å². The second kappa shape index (κ2) is 8.69. The number of nitrogens with one attached hydrogen (secondary N) is 1. The minimum Gasteiger partial charge on any atom is -0.350 e. The molecule has 2 rings (SSSR count). The molecule has 26 heavy (non-hydrogen) atoms. The Morgan fingerprint density at radius 2 is 1.92 bits per heavy atom. The van der Waals surface area contributed by atoms with Gasteiger partial charge in [0.25, 0.3) is 5.91 Å². The molecule has 1 atom stereocenters. The van der Waals surface area contributed by atoms with Crippen LogP contribution in [-0.2, 0) is 10.0 Å². The summed E-state index contributed by atoms with van der Waals surface area (Å²) in [4.78, 5) is 14.7. The summed E-state index contributed by atoms with van der Waals surface area (Å²) in [5, 5.41) is 3.01. The van der Waals surface area contributed by atoms with E-state index in [1.165, 1.54) is 29.3 Å². The van der Waals surface area contributed by atoms with Crippen molar-refractivity contribution < 1.29 is 13.2 Å². The molecular weight excluding hydrogens is 374 g/mol. The van der Waals surface area contributed by atoms with Crippen LogP contribution in [0.15, 0.2) is 23.1 Å². The SMILES string of the molecule is CCN(CC)S(=O)(=O)c1cc(C(=O)NCC(C)N(C)C2CC2)ccc1Cl. The van der Waals surface area contributed by atoms with Gasteiger partial charge in [-0.15, -0.1) is 0 Å². The van der Waals surface area contributed by atoms with E-state index in [1.54, 1.807) is 19.9 Å². The predicted molar refractivity (Wildman–Crippen MR) is 104 cm³/mol. The van der Waals surface area contributed by atoms with Gasteiger partial charge in [-0.2, -0.15) is 4.31 Å². The summed E-state index contributed by atoms with van der Waals surface area (Å²) < 4.78 is 26.8. The minimum atomic E-state index is -3.72. The van der Waals surface area contributed by atoms with Gasteiger partial charge in [-0.05, 0) is 45.0 Å². The molecule has 6 nitrogen and oxygen atoms in total. The van der Waals surface area contributed by atoms with Crippen LogP contribution < -0.4 is 5.32 Å². The van der Waals surface area contributed by atoms with Crippen LogP contribution in [0, 0.1) is 0 Å². The van der Waals surface area contributed by atoms with Gasteiger partial charge in [0, 0.05) is 37.3 Å². The van der Waals surface area contributed by atoms with Crippen molar-refractivity contribution in [2.45, 2.75) is 50.6 Å². The van der Waals surface area contributed by atoms with Crippen molar-refractivity contribution in [1.29, 1.82) is 0 Å². The molecule has 1 aromatic carbocycles. The van der Waals surface area contributed by atoms with Crippen LogP contribution in [0.4, 0.5) is 0 Å². The second-order valence-electron chi connectivity index (χ2n) is 6.69. The van der Waals surface area contributed by atoms with Crippen molar-refractivity contribution >= 4 is 27.5 Å². The number of carbonyl (C=O) groups is 1. The zero-order chi connectivity index (χ0) is 19.5. The lowest BCUT2D eigenvalue weighted by Crippen LogP contribution is -2.41. The molecule has 1 fully saturated rings. The molecule has 0 aliphatic heterocycles. The Morgan fingerprint density at radius 3 is 2.46 bits per heavy atom. The molecule has 1 aliphatic rings. The van der Waals surface area contributed by atoms with Gasteiger partial charge in [0.15, 0.2) is 0 Å². The molecule has 0 spiro atoms. The van der Waals surface area contributed by atoms with E-state index in [2.05, 4.69) is 24.2 Å². The van der Waals surface area contributed by atoms with Crippen LogP contribution in [-0.4, -0.2) is 62.3 Å². The van der Waals surface area contributed by atoms with Crippen LogP contribution in [0.5, 0.6) is 0 Å². The van der Waals surface area contributed by atoms with Gasteiger partial charge < -0.3 is 5.32 Å². The molecule has 8 heteroatoms. The molecule has 0 radical (unpaired) electrons. The van der Waals surface area contributed by atoms with E-state index in [9.17, 15) is 13.2 Å². The highest BCUT2D eigenvalue weighted by atomic mass is 35.5. The lowest BCUT2D eigenvalue weighted by Gasteiger charge is -2.24. The summed E-state index contributed by atoms with van der Waals surface area (Å²) in [6.45, 7) is 6.79. The summed E-state index contributed by atoms with van der Waals surface area (Å²) in [6.07, 6.45) is 2.41. The normalized spacial score (nSPS) is 16.1. The Hall–Kier alpha value is -1.15. The number of rotatable bonds is 9. The van der Waals surface area contributed by atoms with Crippen molar-refractivity contribution in [2.75, 3.05) is 26.7 Å². The molecule has 1 amide bonds. The average molecular weight is 402 g/mol. The number of hydrogen-bond donors (Lipinski definition) is 1. The fourth-order valence-electron chi connectivity index (χ4n) is 2.87. The largest absolute Gasteiger partial charge is 0.350 e. The van der Waals surface area contributed by atoms with Gasteiger partial charge in [0.05, 0.1) is 5.02 Å². The number of likely N-dealkylation sites (N-methyl/N-ethyl adjacent to an activating group) is 1. The second-order valence-corrected chi connectivity index (χ2v) is 9.00. The van der Waals surface area contributed by atoms with Gasteiger partial charge in [0.1, 0.15) is 4.90 Å². The molecule has 0 saturated heterocycles. The molecule has 0 aromatic heterocycles. The number of nitrogens with zero attached hydrogens (tertiary/aromatic N) is 2. The van der Waals surface area contributed by atoms with Crippen molar-refractivity contribution in [3.63, 3.8) is 0 Å². The first-order valence-electron chi connectivity index (χ1n) is 9.02. The van der Waals surface area contributed by atoms with Crippen LogP contribution in [0.2, 0.25) is 5.02 Å². The van der Waals surface area contributed by atoms with Crippen molar-refractivity contribution in [2.24, 2.45) is 0 Å². The number of carbonyl (C=O) groups excluding carboxylic acids is 1. The molecule has 1 N–H and O–H groups in total. The van der Waals surface area contributed by atoms with Gasteiger partial charge in [-0.3, -0.25) is 9.69 Å². The first kappa shape index (κ1) is 21.2. The number of benzene rings is 1. The first-order chi connectivity index (χ1) is 12.2. The summed E-state index contributed by atoms with van der Waals surface area (Å²) in [5.41, 5.74) is 0.293.